The molecule has 4 unspecified atom stereocenters. The number of fused-ring (bicyclic) bond motifs is 1. The molecule has 1 N–H and O–H groups in total. The van der Waals surface area contributed by atoms with Gasteiger partial charge in [-0.15, -0.1) is 0 Å². The van der Waals surface area contributed by atoms with Gasteiger partial charge in [-0.1, -0.05) is 6.42 Å². The Morgan fingerprint density at radius 3 is 2.71 bits per heavy atom. The molecule has 3 fully saturated rings. The highest BCUT2D eigenvalue weighted by Crippen LogP contribution is 2.41. The second-order valence-corrected chi connectivity index (χ2v) is 7.38. The lowest BCUT2D eigenvalue weighted by Crippen LogP contribution is -2.53. The lowest BCUT2D eigenvalue weighted by atomic mass is 9.98. The fourth-order valence-electron chi connectivity index (χ4n) is 4.51. The largest absolute Gasteiger partial charge is 0.331 e. The van der Waals surface area contributed by atoms with Crippen LogP contribution in [0.5, 0.6) is 0 Å². The average molecular weight is 333 g/mol. The quantitative estimate of drug-likeness (QED) is 0.830. The number of hydrogen-bond donors (Lipinski definition) is 1. The molecule has 3 amide bonds. The predicted molar refractivity (Wildman–Crippen MR) is 88.8 cm³/mol. The van der Waals surface area contributed by atoms with Crippen LogP contribution in [0.4, 0.5) is 4.79 Å². The van der Waals surface area contributed by atoms with Gasteiger partial charge in [0, 0.05) is 27.2 Å². The molecular formula is C17H27N5O2. The molecule has 3 aliphatic rings. The smallest absolute Gasteiger partial charge is 0.320 e. The van der Waals surface area contributed by atoms with Crippen LogP contribution in [0.25, 0.3) is 0 Å². The van der Waals surface area contributed by atoms with Crippen LogP contribution in [0.1, 0.15) is 32.1 Å². The molecule has 24 heavy (non-hydrogen) atoms. The summed E-state index contributed by atoms with van der Waals surface area (Å²) >= 11 is 0. The van der Waals surface area contributed by atoms with Gasteiger partial charge in [0.1, 0.15) is 6.04 Å². The van der Waals surface area contributed by atoms with Crippen molar-refractivity contribution in [3.63, 3.8) is 0 Å². The standard InChI is InChI=1S/C17H27N5O2/c1-20(2)17(24)22-11-12-5-3-7-14(12)16(22)19-10-15(23)21-8-4-6-13(21)9-18/h12-14,16,19H,3-8,10-11H2,1-2H3. The molecule has 0 radical (unpaired) electrons. The molecule has 3 rings (SSSR count). The van der Waals surface area contributed by atoms with Crippen molar-refractivity contribution in [3.05, 3.63) is 0 Å². The first kappa shape index (κ1) is 17.0. The van der Waals surface area contributed by atoms with Gasteiger partial charge in [-0.2, -0.15) is 5.26 Å². The van der Waals surface area contributed by atoms with E-state index in [9.17, 15) is 9.59 Å². The SMILES string of the molecule is CN(C)C(=O)N1CC2CCCC2C1NCC(=O)N1CCCC1C#N. The Kier molecular flexibility index (Phi) is 4.95. The Balaban J connectivity index is 1.64. The van der Waals surface area contributed by atoms with Gasteiger partial charge in [-0.3, -0.25) is 10.1 Å². The van der Waals surface area contributed by atoms with E-state index in [1.807, 2.05) is 4.90 Å². The van der Waals surface area contributed by atoms with Crippen LogP contribution in [0.2, 0.25) is 0 Å². The number of urea groups is 1. The van der Waals surface area contributed by atoms with E-state index in [0.717, 1.165) is 32.2 Å². The second kappa shape index (κ2) is 6.98. The minimum absolute atomic E-state index is 0.00502. The highest BCUT2D eigenvalue weighted by atomic mass is 16.2. The van der Waals surface area contributed by atoms with E-state index in [0.29, 0.717) is 18.4 Å². The van der Waals surface area contributed by atoms with Gasteiger partial charge in [0.2, 0.25) is 5.91 Å². The van der Waals surface area contributed by atoms with E-state index in [4.69, 9.17) is 5.26 Å². The van der Waals surface area contributed by atoms with Crippen molar-refractivity contribution in [2.45, 2.75) is 44.3 Å². The van der Waals surface area contributed by atoms with Crippen LogP contribution >= 0.6 is 0 Å². The molecule has 0 aromatic rings. The van der Waals surface area contributed by atoms with Gasteiger partial charge in [0.15, 0.2) is 0 Å². The van der Waals surface area contributed by atoms with Crippen molar-refractivity contribution in [2.24, 2.45) is 11.8 Å². The van der Waals surface area contributed by atoms with Crippen molar-refractivity contribution in [3.8, 4) is 6.07 Å². The van der Waals surface area contributed by atoms with Crippen LogP contribution in [-0.2, 0) is 4.79 Å². The molecule has 0 aromatic carbocycles. The van der Waals surface area contributed by atoms with Gasteiger partial charge in [0.05, 0.1) is 18.8 Å². The first-order chi connectivity index (χ1) is 11.5. The summed E-state index contributed by atoms with van der Waals surface area (Å²) in [5.74, 6) is 0.949. The molecule has 2 aliphatic heterocycles. The molecule has 132 valence electrons. The summed E-state index contributed by atoms with van der Waals surface area (Å²) in [4.78, 5) is 30.1. The number of nitriles is 1. The highest BCUT2D eigenvalue weighted by molar-refractivity contribution is 5.79. The van der Waals surface area contributed by atoms with Gasteiger partial charge in [-0.25, -0.2) is 4.79 Å². The highest BCUT2D eigenvalue weighted by Gasteiger charge is 2.46. The van der Waals surface area contributed by atoms with E-state index in [1.165, 1.54) is 6.42 Å². The van der Waals surface area contributed by atoms with E-state index in [2.05, 4.69) is 11.4 Å². The minimum atomic E-state index is -0.290. The molecule has 0 spiro atoms. The Morgan fingerprint density at radius 2 is 2.00 bits per heavy atom. The van der Waals surface area contributed by atoms with Gasteiger partial charge >= 0.3 is 6.03 Å². The van der Waals surface area contributed by atoms with E-state index >= 15 is 0 Å². The lowest BCUT2D eigenvalue weighted by Gasteiger charge is -2.31. The average Bonchev–Trinajstić information content (AvgIpc) is 3.26. The molecule has 7 nitrogen and oxygen atoms in total. The summed E-state index contributed by atoms with van der Waals surface area (Å²) in [5, 5.41) is 12.5. The zero-order valence-electron chi connectivity index (χ0n) is 14.6. The van der Waals surface area contributed by atoms with Gasteiger partial charge < -0.3 is 14.7 Å². The van der Waals surface area contributed by atoms with Crippen molar-refractivity contribution in [2.75, 3.05) is 33.7 Å². The number of carbonyl (C=O) groups excluding carboxylic acids is 2. The Bertz CT molecular complexity index is 544. The minimum Gasteiger partial charge on any atom is -0.331 e. The third-order valence-corrected chi connectivity index (χ3v) is 5.70. The maximum atomic E-state index is 12.5. The maximum absolute atomic E-state index is 12.5. The summed E-state index contributed by atoms with van der Waals surface area (Å²) in [6.07, 6.45) is 5.06. The lowest BCUT2D eigenvalue weighted by molar-refractivity contribution is -0.130. The van der Waals surface area contributed by atoms with Crippen molar-refractivity contribution < 1.29 is 9.59 Å². The number of rotatable bonds is 3. The zero-order chi connectivity index (χ0) is 17.3. The third-order valence-electron chi connectivity index (χ3n) is 5.70. The number of nitrogens with zero attached hydrogens (tertiary/aromatic N) is 4. The van der Waals surface area contributed by atoms with E-state index < -0.39 is 0 Å². The molecule has 7 heteroatoms. The molecule has 4 atom stereocenters. The van der Waals surface area contributed by atoms with Crippen LogP contribution in [0.15, 0.2) is 0 Å². The Morgan fingerprint density at radius 1 is 1.21 bits per heavy atom. The molecular weight excluding hydrogens is 306 g/mol. The van der Waals surface area contributed by atoms with Gasteiger partial charge in [0.25, 0.3) is 0 Å². The first-order valence-corrected chi connectivity index (χ1v) is 8.93. The molecule has 2 heterocycles. The van der Waals surface area contributed by atoms with Crippen LogP contribution in [0, 0.1) is 23.2 Å². The molecule has 0 bridgehead atoms. The third kappa shape index (κ3) is 3.07. The summed E-state index contributed by atoms with van der Waals surface area (Å²) in [5.41, 5.74) is 0. The number of hydrogen-bond acceptors (Lipinski definition) is 4. The van der Waals surface area contributed by atoms with E-state index in [1.54, 1.807) is 23.9 Å². The summed E-state index contributed by atoms with van der Waals surface area (Å²) in [7, 11) is 3.53. The predicted octanol–water partition coefficient (Wildman–Crippen LogP) is 0.830. The number of carbonyl (C=O) groups is 2. The summed E-state index contributed by atoms with van der Waals surface area (Å²) < 4.78 is 0. The number of nitrogens with one attached hydrogen (secondary N) is 1. The second-order valence-electron chi connectivity index (χ2n) is 7.38. The normalized spacial score (nSPS) is 31.9. The van der Waals surface area contributed by atoms with Gasteiger partial charge in [-0.05, 0) is 37.5 Å². The van der Waals surface area contributed by atoms with Crippen molar-refractivity contribution in [1.29, 1.82) is 5.26 Å². The first-order valence-electron chi connectivity index (χ1n) is 8.93. The number of amides is 3. The number of likely N-dealkylation sites (tertiary alicyclic amines) is 2. The monoisotopic (exact) mass is 333 g/mol. The van der Waals surface area contributed by atoms with Crippen LogP contribution in [-0.4, -0.2) is 72.6 Å². The summed E-state index contributed by atoms with van der Waals surface area (Å²) in [6.45, 7) is 1.64. The Hall–Kier alpha value is -1.81. The molecule has 1 saturated carbocycles. The maximum Gasteiger partial charge on any atom is 0.320 e. The van der Waals surface area contributed by atoms with Crippen LogP contribution < -0.4 is 5.32 Å². The molecule has 1 aliphatic carbocycles. The van der Waals surface area contributed by atoms with Crippen molar-refractivity contribution >= 4 is 11.9 Å². The fraction of sp³-hybridized carbons (Fsp3) is 0.824. The topological polar surface area (TPSA) is 79.7 Å². The molecule has 0 aromatic heterocycles. The van der Waals surface area contributed by atoms with Crippen LogP contribution in [0.3, 0.4) is 0 Å². The zero-order valence-corrected chi connectivity index (χ0v) is 14.6. The summed E-state index contributed by atoms with van der Waals surface area (Å²) in [6, 6.07) is 1.92. The fourth-order valence-corrected chi connectivity index (χ4v) is 4.51. The van der Waals surface area contributed by atoms with Crippen molar-refractivity contribution in [1.82, 2.24) is 20.0 Å². The van der Waals surface area contributed by atoms with E-state index in [-0.39, 0.29) is 30.7 Å². The Labute approximate surface area is 143 Å². The molecule has 2 saturated heterocycles.